The average molecular weight is 481 g/mol. The van der Waals surface area contributed by atoms with Crippen molar-refractivity contribution in [1.29, 1.82) is 0 Å². The van der Waals surface area contributed by atoms with Gasteiger partial charge in [-0.25, -0.2) is 8.78 Å². The lowest BCUT2D eigenvalue weighted by atomic mass is 10.0. The molecule has 1 fully saturated rings. The highest BCUT2D eigenvalue weighted by Crippen LogP contribution is 2.36. The van der Waals surface area contributed by atoms with Crippen LogP contribution in [0.3, 0.4) is 0 Å². The van der Waals surface area contributed by atoms with Crippen LogP contribution in [0.2, 0.25) is 0 Å². The van der Waals surface area contributed by atoms with Crippen molar-refractivity contribution in [2.24, 2.45) is 10.9 Å². The van der Waals surface area contributed by atoms with Crippen LogP contribution in [0.25, 0.3) is 6.08 Å². The minimum atomic E-state index is -0.606. The van der Waals surface area contributed by atoms with Gasteiger partial charge in [0.05, 0.1) is 6.54 Å². The van der Waals surface area contributed by atoms with Crippen LogP contribution in [-0.4, -0.2) is 60.5 Å². The van der Waals surface area contributed by atoms with Crippen molar-refractivity contribution >= 4 is 23.5 Å². The van der Waals surface area contributed by atoms with Gasteiger partial charge in [-0.05, 0) is 38.0 Å². The Kier molecular flexibility index (Phi) is 6.27. The largest absolute Gasteiger partial charge is 0.421 e. The molecule has 3 heterocycles. The molecule has 0 bridgehead atoms. The second-order valence-corrected chi connectivity index (χ2v) is 9.72. The van der Waals surface area contributed by atoms with Crippen LogP contribution in [0.4, 0.5) is 20.4 Å². The van der Waals surface area contributed by atoms with Gasteiger partial charge in [-0.15, -0.1) is 0 Å². The van der Waals surface area contributed by atoms with Gasteiger partial charge in [-0.1, -0.05) is 25.5 Å². The Hall–Kier alpha value is -3.33. The summed E-state index contributed by atoms with van der Waals surface area (Å²) in [5, 5.41) is 3.24. The summed E-state index contributed by atoms with van der Waals surface area (Å²) in [6.45, 7) is 10.1. The maximum atomic E-state index is 15.2. The van der Waals surface area contributed by atoms with E-state index in [1.54, 1.807) is 6.08 Å². The molecule has 0 atom stereocenters. The van der Waals surface area contributed by atoms with Gasteiger partial charge in [-0.2, -0.15) is 9.97 Å². The first-order chi connectivity index (χ1) is 16.8. The van der Waals surface area contributed by atoms with Crippen LogP contribution in [0.1, 0.15) is 31.9 Å². The molecule has 184 valence electrons. The maximum absolute atomic E-state index is 15.2. The zero-order valence-electron chi connectivity index (χ0n) is 20.5. The Morgan fingerprint density at radius 3 is 2.54 bits per heavy atom. The van der Waals surface area contributed by atoms with E-state index in [0.29, 0.717) is 41.9 Å². The number of hydrogen-bond acceptors (Lipinski definition) is 7. The quantitative estimate of drug-likeness (QED) is 0.671. The third-order valence-corrected chi connectivity index (χ3v) is 6.64. The summed E-state index contributed by atoms with van der Waals surface area (Å²) in [7, 11) is 2.08. The number of nitrogens with zero attached hydrogens (tertiary/aromatic N) is 5. The molecule has 1 aliphatic carbocycles. The second kappa shape index (κ2) is 9.37. The zero-order valence-corrected chi connectivity index (χ0v) is 20.5. The molecule has 0 amide bonds. The fourth-order valence-corrected chi connectivity index (χ4v) is 4.46. The molecule has 3 aliphatic rings. The number of aromatic nitrogens is 2. The number of rotatable bonds is 5. The zero-order chi connectivity index (χ0) is 24.7. The molecule has 1 N–H and O–H groups in total. The number of piperazine rings is 1. The summed E-state index contributed by atoms with van der Waals surface area (Å²) >= 11 is 0. The predicted molar refractivity (Wildman–Crippen MR) is 134 cm³/mol. The highest BCUT2D eigenvalue weighted by atomic mass is 19.1. The fourth-order valence-electron chi connectivity index (χ4n) is 4.46. The molecule has 2 aromatic rings. The van der Waals surface area contributed by atoms with E-state index >= 15 is 4.39 Å². The molecule has 5 rings (SSSR count). The van der Waals surface area contributed by atoms with Crippen LogP contribution in [0, 0.1) is 17.6 Å². The SMILES string of the molecule is CC1=Cc2c(F)c(Oc3nc(NC4=NCC(C(C)C)=C4)cc(N4CCN(C)CC4)n3)cc(F)c2C1. The molecule has 1 aromatic heterocycles. The highest BCUT2D eigenvalue weighted by Gasteiger charge is 2.24. The van der Waals surface area contributed by atoms with E-state index in [-0.39, 0.29) is 17.3 Å². The number of benzene rings is 1. The number of fused-ring (bicyclic) bond motifs is 1. The highest BCUT2D eigenvalue weighted by molar-refractivity contribution is 6.05. The first kappa shape index (κ1) is 23.4. The molecule has 35 heavy (non-hydrogen) atoms. The second-order valence-electron chi connectivity index (χ2n) is 9.72. The molecule has 1 aromatic carbocycles. The predicted octanol–water partition coefficient (Wildman–Crippen LogP) is 4.66. The number of likely N-dealkylation sites (N-methyl/N-ethyl adjacent to an activating group) is 1. The standard InChI is InChI=1S/C26H30F2N6O/c1-15(2)17-11-22(29-14-17)30-23-13-24(34-7-5-33(4)6-8-34)32-26(31-23)35-21-12-20(27)18-9-16(3)10-19(18)25(21)28/h10-13,15H,5-9,14H2,1-4H3,(H,29,30,31,32). The van der Waals surface area contributed by atoms with E-state index in [1.165, 1.54) is 5.57 Å². The van der Waals surface area contributed by atoms with Crippen LogP contribution in [0.15, 0.2) is 34.3 Å². The molecule has 1 saturated heterocycles. The number of halogens is 2. The molecule has 0 unspecified atom stereocenters. The monoisotopic (exact) mass is 480 g/mol. The van der Waals surface area contributed by atoms with E-state index in [4.69, 9.17) is 4.74 Å². The van der Waals surface area contributed by atoms with Crippen molar-refractivity contribution < 1.29 is 13.5 Å². The molecule has 2 aliphatic heterocycles. The van der Waals surface area contributed by atoms with Gasteiger partial charge < -0.3 is 19.9 Å². The third-order valence-electron chi connectivity index (χ3n) is 6.64. The smallest absolute Gasteiger partial charge is 0.326 e. The lowest BCUT2D eigenvalue weighted by molar-refractivity contribution is 0.311. The molecular weight excluding hydrogens is 450 g/mol. The first-order valence-electron chi connectivity index (χ1n) is 12.0. The minimum Gasteiger partial charge on any atom is -0.421 e. The lowest BCUT2D eigenvalue weighted by Gasteiger charge is -2.33. The van der Waals surface area contributed by atoms with Crippen molar-refractivity contribution in [1.82, 2.24) is 14.9 Å². The summed E-state index contributed by atoms with van der Waals surface area (Å²) in [5.74, 6) is 0.929. The van der Waals surface area contributed by atoms with Gasteiger partial charge in [0.15, 0.2) is 11.6 Å². The Morgan fingerprint density at radius 1 is 1.06 bits per heavy atom. The van der Waals surface area contributed by atoms with E-state index in [2.05, 4.69) is 51.0 Å². The van der Waals surface area contributed by atoms with Crippen LogP contribution in [0.5, 0.6) is 11.8 Å². The Labute approximate surface area is 204 Å². The van der Waals surface area contributed by atoms with Gasteiger partial charge in [0.25, 0.3) is 0 Å². The summed E-state index contributed by atoms with van der Waals surface area (Å²) in [5.41, 5.74) is 2.73. The first-order valence-corrected chi connectivity index (χ1v) is 12.0. The summed E-state index contributed by atoms with van der Waals surface area (Å²) < 4.78 is 35.7. The van der Waals surface area contributed by atoms with E-state index < -0.39 is 11.6 Å². The number of amidine groups is 1. The van der Waals surface area contributed by atoms with Crippen molar-refractivity contribution in [3.05, 3.63) is 52.1 Å². The van der Waals surface area contributed by atoms with Crippen molar-refractivity contribution in [2.75, 3.05) is 50.0 Å². The fraction of sp³-hybridized carbons (Fsp3) is 0.423. The van der Waals surface area contributed by atoms with Gasteiger partial charge in [0, 0.05) is 49.4 Å². The minimum absolute atomic E-state index is 0.0486. The van der Waals surface area contributed by atoms with Gasteiger partial charge in [-0.3, -0.25) is 4.99 Å². The Bertz CT molecular complexity index is 1240. The number of nitrogens with one attached hydrogen (secondary N) is 1. The number of anilines is 2. The van der Waals surface area contributed by atoms with Gasteiger partial charge >= 0.3 is 6.01 Å². The van der Waals surface area contributed by atoms with Crippen molar-refractivity contribution in [3.8, 4) is 11.8 Å². The van der Waals surface area contributed by atoms with Gasteiger partial charge in [0.2, 0.25) is 0 Å². The number of hydrogen-bond donors (Lipinski definition) is 1. The number of allylic oxidation sites excluding steroid dienone is 1. The number of ether oxygens (including phenoxy) is 1. The normalized spacial score (nSPS) is 17.9. The number of aliphatic imine (C=N–C) groups is 1. The topological polar surface area (TPSA) is 65.9 Å². The molecule has 7 nitrogen and oxygen atoms in total. The summed E-state index contributed by atoms with van der Waals surface area (Å²) in [6, 6.07) is 2.87. The van der Waals surface area contributed by atoms with Crippen LogP contribution in [-0.2, 0) is 6.42 Å². The van der Waals surface area contributed by atoms with Gasteiger partial charge in [0.1, 0.15) is 23.3 Å². The average Bonchev–Trinajstić information content (AvgIpc) is 3.45. The molecule has 0 spiro atoms. The van der Waals surface area contributed by atoms with Crippen molar-refractivity contribution in [2.45, 2.75) is 27.2 Å². The summed E-state index contributed by atoms with van der Waals surface area (Å²) in [4.78, 5) is 17.9. The summed E-state index contributed by atoms with van der Waals surface area (Å²) in [6.07, 6.45) is 4.08. The molecule has 9 heteroatoms. The van der Waals surface area contributed by atoms with Crippen molar-refractivity contribution in [3.63, 3.8) is 0 Å². The molecule has 0 saturated carbocycles. The lowest BCUT2D eigenvalue weighted by Crippen LogP contribution is -2.44. The Morgan fingerprint density at radius 2 is 1.83 bits per heavy atom. The van der Waals surface area contributed by atoms with Crippen LogP contribution >= 0.6 is 0 Å². The third kappa shape index (κ3) is 4.91. The maximum Gasteiger partial charge on any atom is 0.326 e. The van der Waals surface area contributed by atoms with E-state index in [9.17, 15) is 4.39 Å². The van der Waals surface area contributed by atoms with Crippen LogP contribution < -0.4 is 15.0 Å². The molecule has 0 radical (unpaired) electrons. The Balaban J connectivity index is 1.47. The van der Waals surface area contributed by atoms with E-state index in [0.717, 1.165) is 37.8 Å². The van der Waals surface area contributed by atoms with E-state index in [1.807, 2.05) is 19.1 Å². The molecular formula is C26H30F2N6O.